The first-order valence-corrected chi connectivity index (χ1v) is 11.4. The standard InChI is InChI=1S/C20H19Cl2FN2O4S/c1-3-12(2)25(30(28,29)18-10-13(21)4-9-16(18)22)17-11-19(26)24(20(17)27)15-7-5-14(23)6-8-15/h4-10,12,17H,3,11H2,1-2H3. The van der Waals surface area contributed by atoms with Crippen molar-refractivity contribution >= 4 is 50.7 Å². The highest BCUT2D eigenvalue weighted by Crippen LogP contribution is 2.34. The molecular formula is C20H19Cl2FN2O4S. The van der Waals surface area contributed by atoms with Gasteiger partial charge in [-0.15, -0.1) is 0 Å². The molecule has 2 aromatic rings. The second kappa shape index (κ2) is 8.63. The summed E-state index contributed by atoms with van der Waals surface area (Å²) in [6, 6.07) is 7.02. The Morgan fingerprint density at radius 1 is 1.17 bits per heavy atom. The quantitative estimate of drug-likeness (QED) is 0.588. The molecule has 0 bridgehead atoms. The van der Waals surface area contributed by atoms with Crippen LogP contribution in [0.3, 0.4) is 0 Å². The van der Waals surface area contributed by atoms with Crippen LogP contribution in [0.4, 0.5) is 10.1 Å². The Hall–Kier alpha value is -2.00. The summed E-state index contributed by atoms with van der Waals surface area (Å²) < 4.78 is 41.2. The average Bonchev–Trinajstić information content (AvgIpc) is 2.98. The number of imide groups is 1. The van der Waals surface area contributed by atoms with Crippen molar-refractivity contribution in [3.05, 3.63) is 58.3 Å². The Morgan fingerprint density at radius 3 is 2.40 bits per heavy atom. The number of hydrogen-bond donors (Lipinski definition) is 0. The van der Waals surface area contributed by atoms with Crippen LogP contribution in [0.25, 0.3) is 0 Å². The van der Waals surface area contributed by atoms with Gasteiger partial charge in [-0.3, -0.25) is 9.59 Å². The molecule has 2 aromatic carbocycles. The van der Waals surface area contributed by atoms with Gasteiger partial charge < -0.3 is 0 Å². The molecule has 1 aliphatic heterocycles. The van der Waals surface area contributed by atoms with Crippen LogP contribution in [0, 0.1) is 5.82 Å². The molecule has 1 aliphatic rings. The molecule has 160 valence electrons. The van der Waals surface area contributed by atoms with Gasteiger partial charge >= 0.3 is 0 Å². The maximum atomic E-state index is 13.5. The molecule has 1 saturated heterocycles. The molecular weight excluding hydrogens is 454 g/mol. The number of hydrogen-bond acceptors (Lipinski definition) is 4. The predicted molar refractivity (Wildman–Crippen MR) is 113 cm³/mol. The summed E-state index contributed by atoms with van der Waals surface area (Å²) >= 11 is 12.1. The van der Waals surface area contributed by atoms with Gasteiger partial charge in [-0.05, 0) is 55.8 Å². The van der Waals surface area contributed by atoms with Crippen LogP contribution in [0.15, 0.2) is 47.4 Å². The largest absolute Gasteiger partial charge is 0.274 e. The molecule has 1 fully saturated rings. The highest BCUT2D eigenvalue weighted by molar-refractivity contribution is 7.89. The van der Waals surface area contributed by atoms with Crippen molar-refractivity contribution < 1.29 is 22.4 Å². The predicted octanol–water partition coefficient (Wildman–Crippen LogP) is 4.25. The number of anilines is 1. The molecule has 3 rings (SSSR count). The number of carbonyl (C=O) groups is 2. The lowest BCUT2D eigenvalue weighted by Gasteiger charge is -2.32. The highest BCUT2D eigenvalue weighted by atomic mass is 35.5. The first-order valence-electron chi connectivity index (χ1n) is 9.19. The van der Waals surface area contributed by atoms with Gasteiger partial charge in [0.25, 0.3) is 5.91 Å². The van der Waals surface area contributed by atoms with Crippen LogP contribution in [0.5, 0.6) is 0 Å². The summed E-state index contributed by atoms with van der Waals surface area (Å²) in [5.74, 6) is -1.79. The van der Waals surface area contributed by atoms with Gasteiger partial charge in [0, 0.05) is 11.1 Å². The highest BCUT2D eigenvalue weighted by Gasteiger charge is 2.48. The second-order valence-corrected chi connectivity index (χ2v) is 9.59. The summed E-state index contributed by atoms with van der Waals surface area (Å²) in [6.07, 6.45) is 0.0594. The lowest BCUT2D eigenvalue weighted by Crippen LogP contribution is -2.49. The van der Waals surface area contributed by atoms with Crippen molar-refractivity contribution in [1.29, 1.82) is 0 Å². The minimum atomic E-state index is -4.26. The van der Waals surface area contributed by atoms with Gasteiger partial charge in [0.15, 0.2) is 0 Å². The van der Waals surface area contributed by atoms with E-state index in [0.717, 1.165) is 21.3 Å². The Balaban J connectivity index is 2.06. The minimum Gasteiger partial charge on any atom is -0.274 e. The maximum Gasteiger partial charge on any atom is 0.252 e. The van der Waals surface area contributed by atoms with Crippen molar-refractivity contribution in [2.75, 3.05) is 4.90 Å². The SMILES string of the molecule is CCC(C)N(C1CC(=O)N(c2ccc(F)cc2)C1=O)S(=O)(=O)c1cc(Cl)ccc1Cl. The summed E-state index contributed by atoms with van der Waals surface area (Å²) in [6.45, 7) is 3.42. The molecule has 10 heteroatoms. The first-order chi connectivity index (χ1) is 14.1. The molecule has 0 aliphatic carbocycles. The van der Waals surface area contributed by atoms with Gasteiger partial charge in [-0.1, -0.05) is 30.1 Å². The molecule has 0 N–H and O–H groups in total. The Kier molecular flexibility index (Phi) is 6.52. The summed E-state index contributed by atoms with van der Waals surface area (Å²) in [5, 5.41) is 0.128. The van der Waals surface area contributed by atoms with E-state index in [2.05, 4.69) is 0 Å². The van der Waals surface area contributed by atoms with E-state index in [0.29, 0.717) is 6.42 Å². The van der Waals surface area contributed by atoms with E-state index < -0.39 is 39.7 Å². The van der Waals surface area contributed by atoms with E-state index in [4.69, 9.17) is 23.2 Å². The number of sulfonamides is 1. The van der Waals surface area contributed by atoms with E-state index in [-0.39, 0.29) is 27.0 Å². The van der Waals surface area contributed by atoms with E-state index in [1.54, 1.807) is 13.8 Å². The topological polar surface area (TPSA) is 74.8 Å². The molecule has 6 nitrogen and oxygen atoms in total. The van der Waals surface area contributed by atoms with Crippen LogP contribution in [-0.4, -0.2) is 36.6 Å². The van der Waals surface area contributed by atoms with E-state index in [9.17, 15) is 22.4 Å². The van der Waals surface area contributed by atoms with Crippen molar-refractivity contribution in [2.24, 2.45) is 0 Å². The van der Waals surface area contributed by atoms with Crippen LogP contribution >= 0.6 is 23.2 Å². The second-order valence-electron chi connectivity index (χ2n) is 6.93. The van der Waals surface area contributed by atoms with Gasteiger partial charge in [-0.2, -0.15) is 4.31 Å². The smallest absolute Gasteiger partial charge is 0.252 e. The zero-order chi connectivity index (χ0) is 22.2. The third-order valence-electron chi connectivity index (χ3n) is 4.99. The fraction of sp³-hybridized carbons (Fsp3) is 0.300. The van der Waals surface area contributed by atoms with Gasteiger partial charge in [0.1, 0.15) is 16.8 Å². The molecule has 0 radical (unpaired) electrons. The van der Waals surface area contributed by atoms with Crippen LogP contribution in [0.1, 0.15) is 26.7 Å². The van der Waals surface area contributed by atoms with Crippen molar-refractivity contribution in [2.45, 2.75) is 43.7 Å². The molecule has 0 saturated carbocycles. The third kappa shape index (κ3) is 4.09. The van der Waals surface area contributed by atoms with E-state index in [1.165, 1.54) is 30.3 Å². The Labute approximate surface area is 184 Å². The number of benzene rings is 2. The molecule has 2 amide bonds. The minimum absolute atomic E-state index is 0.0418. The monoisotopic (exact) mass is 472 g/mol. The number of amides is 2. The maximum absolute atomic E-state index is 13.5. The van der Waals surface area contributed by atoms with E-state index in [1.807, 2.05) is 0 Å². The number of halogens is 3. The van der Waals surface area contributed by atoms with E-state index >= 15 is 0 Å². The Bertz CT molecular complexity index is 1090. The third-order valence-corrected chi connectivity index (χ3v) is 7.73. The van der Waals surface area contributed by atoms with Crippen LogP contribution in [0.2, 0.25) is 10.0 Å². The molecule has 2 unspecified atom stereocenters. The van der Waals surface area contributed by atoms with Gasteiger partial charge in [0.05, 0.1) is 17.1 Å². The average molecular weight is 473 g/mol. The summed E-state index contributed by atoms with van der Waals surface area (Å²) in [7, 11) is -4.26. The molecule has 0 spiro atoms. The molecule has 0 aromatic heterocycles. The molecule has 2 atom stereocenters. The normalized spacial score (nSPS) is 18.3. The summed E-state index contributed by atoms with van der Waals surface area (Å²) in [4.78, 5) is 26.4. The lowest BCUT2D eigenvalue weighted by molar-refractivity contribution is -0.122. The van der Waals surface area contributed by atoms with Crippen LogP contribution in [-0.2, 0) is 19.6 Å². The Morgan fingerprint density at radius 2 is 1.80 bits per heavy atom. The molecule has 30 heavy (non-hydrogen) atoms. The number of nitrogens with zero attached hydrogens (tertiary/aromatic N) is 2. The van der Waals surface area contributed by atoms with Crippen molar-refractivity contribution in [3.63, 3.8) is 0 Å². The van der Waals surface area contributed by atoms with Crippen LogP contribution < -0.4 is 4.90 Å². The van der Waals surface area contributed by atoms with Gasteiger partial charge in [0.2, 0.25) is 15.9 Å². The van der Waals surface area contributed by atoms with Gasteiger partial charge in [-0.25, -0.2) is 17.7 Å². The zero-order valence-corrected chi connectivity index (χ0v) is 18.5. The zero-order valence-electron chi connectivity index (χ0n) is 16.2. The van der Waals surface area contributed by atoms with Crippen molar-refractivity contribution in [1.82, 2.24) is 4.31 Å². The first kappa shape index (κ1) is 22.7. The molecule has 1 heterocycles. The fourth-order valence-corrected chi connectivity index (χ4v) is 5.94. The van der Waals surface area contributed by atoms with Crippen molar-refractivity contribution in [3.8, 4) is 0 Å². The number of rotatable bonds is 6. The number of carbonyl (C=O) groups excluding carboxylic acids is 2. The summed E-state index contributed by atoms with van der Waals surface area (Å²) in [5.41, 5.74) is 0.177. The fourth-order valence-electron chi connectivity index (χ4n) is 3.36. The lowest BCUT2D eigenvalue weighted by atomic mass is 10.2.